The number of pyridine rings is 1. The topological polar surface area (TPSA) is 37.4 Å². The average Bonchev–Trinajstić information content (AvgIpc) is 3.31. The molecule has 0 spiro atoms. The minimum Gasteiger partial charge on any atom is -0.383 e. The Balaban J connectivity index is 2.07. The largest absolute Gasteiger partial charge is 0.383 e. The summed E-state index contributed by atoms with van der Waals surface area (Å²) >= 11 is 0. The molecule has 0 radical (unpaired) electrons. The van der Waals surface area contributed by atoms with Crippen molar-refractivity contribution >= 4 is 5.82 Å². The second kappa shape index (κ2) is 7.76. The molecule has 1 saturated carbocycles. The molecule has 0 aromatic carbocycles. The van der Waals surface area contributed by atoms with Crippen molar-refractivity contribution in [3.63, 3.8) is 0 Å². The average molecular weight is 291 g/mol. The molecule has 118 valence electrons. The van der Waals surface area contributed by atoms with E-state index in [1.165, 1.54) is 24.0 Å². The Labute approximate surface area is 128 Å². The van der Waals surface area contributed by atoms with Crippen molar-refractivity contribution in [2.45, 2.75) is 58.7 Å². The summed E-state index contributed by atoms with van der Waals surface area (Å²) in [6.07, 6.45) is 5.77. The maximum Gasteiger partial charge on any atom is 0.131 e. The lowest BCUT2D eigenvalue weighted by Gasteiger charge is -2.31. The fourth-order valence-corrected chi connectivity index (χ4v) is 2.52. The SMILES string of the molecule is CCC(C)N(CCOC)c1ncc(CNC2CC2)cc1C. The van der Waals surface area contributed by atoms with Crippen LogP contribution in [0.25, 0.3) is 0 Å². The van der Waals surface area contributed by atoms with E-state index in [1.807, 2.05) is 6.20 Å². The summed E-state index contributed by atoms with van der Waals surface area (Å²) in [4.78, 5) is 7.09. The predicted molar refractivity (Wildman–Crippen MR) is 87.8 cm³/mol. The number of aryl methyl sites for hydroxylation is 1. The molecule has 1 heterocycles. The number of nitrogens with zero attached hydrogens (tertiary/aromatic N) is 2. The standard InChI is InChI=1S/C17H29N3O/c1-5-14(3)20(8-9-21-4)17-13(2)10-15(12-19-17)11-18-16-6-7-16/h10,12,14,16,18H,5-9,11H2,1-4H3. The predicted octanol–water partition coefficient (Wildman–Crippen LogP) is 2.89. The van der Waals surface area contributed by atoms with E-state index >= 15 is 0 Å². The third-order valence-corrected chi connectivity index (χ3v) is 4.21. The van der Waals surface area contributed by atoms with Crippen molar-refractivity contribution in [3.05, 3.63) is 23.4 Å². The molecule has 1 aromatic rings. The molecule has 0 saturated heterocycles. The van der Waals surface area contributed by atoms with E-state index in [0.717, 1.165) is 38.0 Å². The Morgan fingerprint density at radius 3 is 2.81 bits per heavy atom. The van der Waals surface area contributed by atoms with Crippen molar-refractivity contribution in [2.75, 3.05) is 25.2 Å². The summed E-state index contributed by atoms with van der Waals surface area (Å²) in [5, 5.41) is 3.54. The number of ether oxygens (including phenoxy) is 1. The maximum absolute atomic E-state index is 5.24. The summed E-state index contributed by atoms with van der Waals surface area (Å²) in [6, 6.07) is 3.48. The molecule has 1 N–H and O–H groups in total. The van der Waals surface area contributed by atoms with Crippen LogP contribution in [0.1, 0.15) is 44.2 Å². The summed E-state index contributed by atoms with van der Waals surface area (Å²) in [6.45, 7) is 9.17. The lowest BCUT2D eigenvalue weighted by atomic mass is 10.1. The van der Waals surface area contributed by atoms with Crippen LogP contribution in [0.4, 0.5) is 5.82 Å². The molecular weight excluding hydrogens is 262 g/mol. The van der Waals surface area contributed by atoms with Gasteiger partial charge in [-0.05, 0) is 50.3 Å². The molecule has 4 nitrogen and oxygen atoms in total. The second-order valence-electron chi connectivity index (χ2n) is 6.08. The van der Waals surface area contributed by atoms with Crippen molar-refractivity contribution < 1.29 is 4.74 Å². The van der Waals surface area contributed by atoms with E-state index in [9.17, 15) is 0 Å². The highest BCUT2D eigenvalue weighted by atomic mass is 16.5. The van der Waals surface area contributed by atoms with Crippen LogP contribution in [-0.2, 0) is 11.3 Å². The Bertz CT molecular complexity index is 446. The molecule has 2 rings (SSSR count). The van der Waals surface area contributed by atoms with Crippen LogP contribution < -0.4 is 10.2 Å². The molecule has 1 atom stereocenters. The van der Waals surface area contributed by atoms with E-state index in [0.29, 0.717) is 6.04 Å². The number of hydrogen-bond acceptors (Lipinski definition) is 4. The minimum atomic E-state index is 0.474. The number of methoxy groups -OCH3 is 1. The van der Waals surface area contributed by atoms with Crippen LogP contribution in [0.15, 0.2) is 12.3 Å². The first kappa shape index (κ1) is 16.2. The number of aromatic nitrogens is 1. The maximum atomic E-state index is 5.24. The molecule has 1 fully saturated rings. The zero-order chi connectivity index (χ0) is 15.2. The molecule has 1 aliphatic carbocycles. The Kier molecular flexibility index (Phi) is 6.00. The third-order valence-electron chi connectivity index (χ3n) is 4.21. The highest BCUT2D eigenvalue weighted by molar-refractivity contribution is 5.48. The van der Waals surface area contributed by atoms with Crippen LogP contribution in [0.2, 0.25) is 0 Å². The van der Waals surface area contributed by atoms with Gasteiger partial charge in [-0.2, -0.15) is 0 Å². The molecule has 21 heavy (non-hydrogen) atoms. The second-order valence-corrected chi connectivity index (χ2v) is 6.08. The van der Waals surface area contributed by atoms with Gasteiger partial charge in [0.25, 0.3) is 0 Å². The lowest BCUT2D eigenvalue weighted by Crippen LogP contribution is -2.36. The summed E-state index contributed by atoms with van der Waals surface area (Å²) in [7, 11) is 1.75. The quantitative estimate of drug-likeness (QED) is 0.759. The normalized spacial score (nSPS) is 16.0. The highest BCUT2D eigenvalue weighted by Gasteiger charge is 2.20. The Morgan fingerprint density at radius 2 is 2.24 bits per heavy atom. The molecule has 4 heteroatoms. The van der Waals surface area contributed by atoms with Crippen molar-refractivity contribution in [2.24, 2.45) is 0 Å². The molecule has 1 aromatic heterocycles. The third kappa shape index (κ3) is 4.68. The summed E-state index contributed by atoms with van der Waals surface area (Å²) in [5.41, 5.74) is 2.53. The van der Waals surface area contributed by atoms with Crippen LogP contribution in [0.3, 0.4) is 0 Å². The van der Waals surface area contributed by atoms with Gasteiger partial charge in [0.05, 0.1) is 6.61 Å². The molecular formula is C17H29N3O. The van der Waals surface area contributed by atoms with Crippen LogP contribution >= 0.6 is 0 Å². The molecule has 0 aliphatic heterocycles. The van der Waals surface area contributed by atoms with Gasteiger partial charge in [0.1, 0.15) is 5.82 Å². The summed E-state index contributed by atoms with van der Waals surface area (Å²) in [5.74, 6) is 1.09. The van der Waals surface area contributed by atoms with Gasteiger partial charge in [0.15, 0.2) is 0 Å². The number of hydrogen-bond donors (Lipinski definition) is 1. The monoisotopic (exact) mass is 291 g/mol. The van der Waals surface area contributed by atoms with E-state index in [4.69, 9.17) is 9.72 Å². The molecule has 0 bridgehead atoms. The van der Waals surface area contributed by atoms with E-state index < -0.39 is 0 Å². The van der Waals surface area contributed by atoms with E-state index in [1.54, 1.807) is 7.11 Å². The van der Waals surface area contributed by atoms with Gasteiger partial charge in [-0.15, -0.1) is 0 Å². The fourth-order valence-electron chi connectivity index (χ4n) is 2.52. The van der Waals surface area contributed by atoms with Gasteiger partial charge in [-0.1, -0.05) is 6.92 Å². The van der Waals surface area contributed by atoms with Crippen molar-refractivity contribution in [1.29, 1.82) is 0 Å². The lowest BCUT2D eigenvalue weighted by molar-refractivity contribution is 0.203. The van der Waals surface area contributed by atoms with Crippen LogP contribution in [-0.4, -0.2) is 37.3 Å². The molecule has 0 amide bonds. The zero-order valence-corrected chi connectivity index (χ0v) is 13.9. The van der Waals surface area contributed by atoms with Crippen LogP contribution in [0.5, 0.6) is 0 Å². The van der Waals surface area contributed by atoms with Crippen LogP contribution in [0, 0.1) is 6.92 Å². The first-order chi connectivity index (χ1) is 10.2. The first-order valence-corrected chi connectivity index (χ1v) is 8.10. The number of anilines is 1. The summed E-state index contributed by atoms with van der Waals surface area (Å²) < 4.78 is 5.24. The smallest absolute Gasteiger partial charge is 0.131 e. The van der Waals surface area contributed by atoms with Gasteiger partial charge < -0.3 is 15.0 Å². The first-order valence-electron chi connectivity index (χ1n) is 8.10. The van der Waals surface area contributed by atoms with Crippen molar-refractivity contribution in [3.8, 4) is 0 Å². The fraction of sp³-hybridized carbons (Fsp3) is 0.706. The zero-order valence-electron chi connectivity index (χ0n) is 13.9. The molecule has 1 aliphatic rings. The Hall–Kier alpha value is -1.13. The van der Waals surface area contributed by atoms with Gasteiger partial charge >= 0.3 is 0 Å². The van der Waals surface area contributed by atoms with Gasteiger partial charge in [-0.25, -0.2) is 4.98 Å². The molecule has 1 unspecified atom stereocenters. The van der Waals surface area contributed by atoms with Gasteiger partial charge in [-0.3, -0.25) is 0 Å². The van der Waals surface area contributed by atoms with Gasteiger partial charge in [0, 0.05) is 38.5 Å². The van der Waals surface area contributed by atoms with E-state index in [-0.39, 0.29) is 0 Å². The number of nitrogens with one attached hydrogen (secondary N) is 1. The van der Waals surface area contributed by atoms with Crippen molar-refractivity contribution in [1.82, 2.24) is 10.3 Å². The Morgan fingerprint density at radius 1 is 1.48 bits per heavy atom. The highest BCUT2D eigenvalue weighted by Crippen LogP contribution is 2.23. The minimum absolute atomic E-state index is 0.474. The van der Waals surface area contributed by atoms with Gasteiger partial charge in [0.2, 0.25) is 0 Å². The number of rotatable bonds is 9. The van der Waals surface area contributed by atoms with E-state index in [2.05, 4.69) is 37.1 Å².